The smallest absolute Gasteiger partial charge is 0.365 e. The van der Waals surface area contributed by atoms with Crippen LogP contribution < -0.4 is 4.74 Å². The van der Waals surface area contributed by atoms with Crippen LogP contribution in [0.15, 0.2) is 63.6 Å². The second-order valence-electron chi connectivity index (χ2n) is 6.73. The molecule has 0 bridgehead atoms. The number of hydrogen-bond acceptors (Lipinski definition) is 4. The molecule has 3 aromatic rings. The van der Waals surface area contributed by atoms with Crippen LogP contribution in [0.3, 0.4) is 0 Å². The topological polar surface area (TPSA) is 52.3 Å². The molecule has 4 nitrogen and oxygen atoms in total. The minimum atomic E-state index is -0.561. The molecule has 3 rings (SSSR count). The highest BCUT2D eigenvalue weighted by molar-refractivity contribution is 9.10. The van der Waals surface area contributed by atoms with Gasteiger partial charge in [-0.05, 0) is 45.1 Å². The summed E-state index contributed by atoms with van der Waals surface area (Å²) in [5.41, 5.74) is 2.21. The molecule has 5 heteroatoms. The lowest BCUT2D eigenvalue weighted by molar-refractivity contribution is 0.0723. The molecule has 0 atom stereocenters. The van der Waals surface area contributed by atoms with Gasteiger partial charge in [0.1, 0.15) is 5.75 Å². The largest absolute Gasteiger partial charge is 0.421 e. The average molecular weight is 400 g/mol. The van der Waals surface area contributed by atoms with Gasteiger partial charge in [-0.3, -0.25) is 0 Å². The van der Waals surface area contributed by atoms with Crippen molar-refractivity contribution in [2.75, 3.05) is 0 Å². The maximum atomic E-state index is 12.3. The second-order valence-corrected chi connectivity index (χ2v) is 7.58. The SMILES string of the molecule is CC(C)(C)c1cccc(-c2cc(C(=O)Oc3ccccc3Br)no2)c1. The molecule has 0 aliphatic carbocycles. The van der Waals surface area contributed by atoms with Gasteiger partial charge in [0.2, 0.25) is 0 Å². The first-order valence-electron chi connectivity index (χ1n) is 7.89. The van der Waals surface area contributed by atoms with Gasteiger partial charge < -0.3 is 9.26 Å². The second kappa shape index (κ2) is 6.84. The van der Waals surface area contributed by atoms with Crippen molar-refractivity contribution >= 4 is 21.9 Å². The minimum absolute atomic E-state index is 0.0252. The zero-order chi connectivity index (χ0) is 18.0. The van der Waals surface area contributed by atoms with Crippen molar-refractivity contribution in [1.82, 2.24) is 5.16 Å². The zero-order valence-corrected chi connectivity index (χ0v) is 15.8. The van der Waals surface area contributed by atoms with Crippen molar-refractivity contribution in [2.24, 2.45) is 0 Å². The van der Waals surface area contributed by atoms with Crippen molar-refractivity contribution in [1.29, 1.82) is 0 Å². The summed E-state index contributed by atoms with van der Waals surface area (Å²) in [5.74, 6) is 0.408. The maximum Gasteiger partial charge on any atom is 0.365 e. The Balaban J connectivity index is 1.83. The Morgan fingerprint density at radius 1 is 1.08 bits per heavy atom. The number of ether oxygens (including phenoxy) is 1. The van der Waals surface area contributed by atoms with Crippen molar-refractivity contribution in [3.63, 3.8) is 0 Å². The van der Waals surface area contributed by atoms with Crippen LogP contribution in [0.1, 0.15) is 36.8 Å². The highest BCUT2D eigenvalue weighted by Crippen LogP contribution is 2.29. The van der Waals surface area contributed by atoms with E-state index in [-0.39, 0.29) is 11.1 Å². The number of carbonyl (C=O) groups is 1. The average Bonchev–Trinajstić information content (AvgIpc) is 3.06. The van der Waals surface area contributed by atoms with Gasteiger partial charge in [-0.2, -0.15) is 0 Å². The molecule has 0 spiro atoms. The summed E-state index contributed by atoms with van der Waals surface area (Å²) in [6.07, 6.45) is 0. The molecule has 1 heterocycles. The molecule has 0 fully saturated rings. The van der Waals surface area contributed by atoms with E-state index in [9.17, 15) is 4.79 Å². The first kappa shape index (κ1) is 17.4. The lowest BCUT2D eigenvalue weighted by Gasteiger charge is -2.19. The molecular formula is C20H18BrNO3. The molecule has 128 valence electrons. The Kier molecular flexibility index (Phi) is 4.77. The van der Waals surface area contributed by atoms with Crippen LogP contribution in [-0.2, 0) is 5.41 Å². The monoisotopic (exact) mass is 399 g/mol. The fourth-order valence-corrected chi connectivity index (χ4v) is 2.69. The zero-order valence-electron chi connectivity index (χ0n) is 14.2. The summed E-state index contributed by atoms with van der Waals surface area (Å²) in [6, 6.07) is 16.8. The van der Waals surface area contributed by atoms with Gasteiger partial charge in [-0.25, -0.2) is 4.79 Å². The molecule has 0 unspecified atom stereocenters. The van der Waals surface area contributed by atoms with E-state index < -0.39 is 5.97 Å². The minimum Gasteiger partial charge on any atom is -0.421 e. The third kappa shape index (κ3) is 3.99. The standard InChI is InChI=1S/C20H18BrNO3/c1-20(2,3)14-8-6-7-13(11-14)18-12-16(22-25-18)19(23)24-17-10-5-4-9-15(17)21/h4-12H,1-3H3. The normalized spacial score (nSPS) is 11.4. The molecule has 0 amide bonds. The van der Waals surface area contributed by atoms with E-state index in [0.717, 1.165) is 5.56 Å². The summed E-state index contributed by atoms with van der Waals surface area (Å²) >= 11 is 3.34. The Morgan fingerprint density at radius 2 is 1.84 bits per heavy atom. The molecule has 0 saturated heterocycles. The van der Waals surface area contributed by atoms with Crippen LogP contribution in [0.4, 0.5) is 0 Å². The van der Waals surface area contributed by atoms with E-state index in [1.54, 1.807) is 24.3 Å². The van der Waals surface area contributed by atoms with Gasteiger partial charge in [0.25, 0.3) is 0 Å². The Morgan fingerprint density at radius 3 is 2.56 bits per heavy atom. The molecule has 25 heavy (non-hydrogen) atoms. The first-order valence-corrected chi connectivity index (χ1v) is 8.68. The third-order valence-corrected chi connectivity index (χ3v) is 4.43. The van der Waals surface area contributed by atoms with Crippen LogP contribution in [0.5, 0.6) is 5.75 Å². The van der Waals surface area contributed by atoms with E-state index in [2.05, 4.69) is 47.9 Å². The van der Waals surface area contributed by atoms with Crippen molar-refractivity contribution in [2.45, 2.75) is 26.2 Å². The van der Waals surface area contributed by atoms with E-state index in [1.165, 1.54) is 5.56 Å². The fraction of sp³-hybridized carbons (Fsp3) is 0.200. The molecule has 1 aromatic heterocycles. The molecule has 2 aromatic carbocycles. The fourth-order valence-electron chi connectivity index (χ4n) is 2.33. The van der Waals surface area contributed by atoms with Gasteiger partial charge >= 0.3 is 5.97 Å². The predicted molar refractivity (Wildman–Crippen MR) is 99.7 cm³/mol. The van der Waals surface area contributed by atoms with Crippen LogP contribution >= 0.6 is 15.9 Å². The highest BCUT2D eigenvalue weighted by Gasteiger charge is 2.19. The summed E-state index contributed by atoms with van der Waals surface area (Å²) in [6.45, 7) is 6.44. The molecule has 0 N–H and O–H groups in total. The van der Waals surface area contributed by atoms with Gasteiger partial charge in [-0.15, -0.1) is 0 Å². The van der Waals surface area contributed by atoms with Crippen LogP contribution in [0, 0.1) is 0 Å². The van der Waals surface area contributed by atoms with E-state index in [4.69, 9.17) is 9.26 Å². The lowest BCUT2D eigenvalue weighted by Crippen LogP contribution is -2.10. The first-order chi connectivity index (χ1) is 11.8. The number of rotatable bonds is 3. The molecule has 0 aliphatic rings. The Bertz CT molecular complexity index is 909. The number of benzene rings is 2. The highest BCUT2D eigenvalue weighted by atomic mass is 79.9. The number of nitrogens with zero attached hydrogens (tertiary/aromatic N) is 1. The summed E-state index contributed by atoms with van der Waals surface area (Å²) in [5, 5.41) is 3.85. The maximum absolute atomic E-state index is 12.3. The van der Waals surface area contributed by atoms with Crippen molar-refractivity contribution in [3.8, 4) is 17.1 Å². The quantitative estimate of drug-likeness (QED) is 0.423. The van der Waals surface area contributed by atoms with Gasteiger partial charge in [0, 0.05) is 11.6 Å². The summed E-state index contributed by atoms with van der Waals surface area (Å²) < 4.78 is 11.4. The van der Waals surface area contributed by atoms with Crippen LogP contribution in [0.2, 0.25) is 0 Å². The number of para-hydroxylation sites is 1. The predicted octanol–water partition coefficient (Wildman–Crippen LogP) is 5.62. The van der Waals surface area contributed by atoms with Gasteiger partial charge in [-0.1, -0.05) is 56.3 Å². The summed E-state index contributed by atoms with van der Waals surface area (Å²) in [7, 11) is 0. The number of hydrogen-bond donors (Lipinski definition) is 0. The molecule has 0 aliphatic heterocycles. The van der Waals surface area contributed by atoms with Crippen LogP contribution in [-0.4, -0.2) is 11.1 Å². The number of carbonyl (C=O) groups excluding carboxylic acids is 1. The molecule has 0 radical (unpaired) electrons. The van der Waals surface area contributed by atoms with Crippen molar-refractivity contribution in [3.05, 3.63) is 70.3 Å². The van der Waals surface area contributed by atoms with E-state index in [0.29, 0.717) is 16.0 Å². The Hall–Kier alpha value is -2.40. The lowest BCUT2D eigenvalue weighted by atomic mass is 9.86. The van der Waals surface area contributed by atoms with Gasteiger partial charge in [0.05, 0.1) is 4.47 Å². The Labute approximate surface area is 154 Å². The van der Waals surface area contributed by atoms with Gasteiger partial charge in [0.15, 0.2) is 11.5 Å². The van der Waals surface area contributed by atoms with Crippen LogP contribution in [0.25, 0.3) is 11.3 Å². The van der Waals surface area contributed by atoms with Crippen molar-refractivity contribution < 1.29 is 14.1 Å². The number of esters is 1. The van der Waals surface area contributed by atoms with E-state index in [1.807, 2.05) is 24.3 Å². The number of halogens is 1. The molecular weight excluding hydrogens is 382 g/mol. The third-order valence-electron chi connectivity index (χ3n) is 3.77. The molecule has 0 saturated carbocycles. The number of aromatic nitrogens is 1. The summed E-state index contributed by atoms with van der Waals surface area (Å²) in [4.78, 5) is 12.3. The van der Waals surface area contributed by atoms with E-state index >= 15 is 0 Å².